The van der Waals surface area contributed by atoms with Gasteiger partial charge in [-0.05, 0) is 37.3 Å². The minimum absolute atomic E-state index is 0.163. The van der Waals surface area contributed by atoms with Crippen LogP contribution >= 0.6 is 0 Å². The van der Waals surface area contributed by atoms with Gasteiger partial charge >= 0.3 is 0 Å². The van der Waals surface area contributed by atoms with E-state index in [2.05, 4.69) is 5.32 Å². The molecule has 0 aliphatic rings. The summed E-state index contributed by atoms with van der Waals surface area (Å²) in [5.41, 5.74) is 0.670. The number of nitro benzene ring substituents is 1. The van der Waals surface area contributed by atoms with Gasteiger partial charge in [0.25, 0.3) is 5.69 Å². The number of hydrogen-bond acceptors (Lipinski definition) is 6. The van der Waals surface area contributed by atoms with Crippen molar-refractivity contribution < 1.29 is 19.6 Å². The summed E-state index contributed by atoms with van der Waals surface area (Å²) < 4.78 is 5.07. The van der Waals surface area contributed by atoms with Gasteiger partial charge in [0.05, 0.1) is 23.6 Å². The van der Waals surface area contributed by atoms with Crippen LogP contribution in [0.25, 0.3) is 0 Å². The van der Waals surface area contributed by atoms with Crippen molar-refractivity contribution in [2.24, 2.45) is 0 Å². The number of nitrogens with zero attached hydrogens (tertiary/aromatic N) is 1. The summed E-state index contributed by atoms with van der Waals surface area (Å²) >= 11 is 0. The molecule has 24 heavy (non-hydrogen) atoms. The van der Waals surface area contributed by atoms with Crippen molar-refractivity contribution in [2.75, 3.05) is 12.4 Å². The van der Waals surface area contributed by atoms with Gasteiger partial charge < -0.3 is 15.2 Å². The molecule has 0 saturated heterocycles. The van der Waals surface area contributed by atoms with Crippen LogP contribution in [0.15, 0.2) is 48.5 Å². The van der Waals surface area contributed by atoms with Gasteiger partial charge in [-0.3, -0.25) is 14.9 Å². The first-order chi connectivity index (χ1) is 11.4. The molecule has 0 aromatic heterocycles. The normalized spacial score (nSPS) is 13.0. The topological polar surface area (TPSA) is 102 Å². The third-order valence-corrected chi connectivity index (χ3v) is 3.61. The minimum Gasteiger partial charge on any atom is -0.497 e. The summed E-state index contributed by atoms with van der Waals surface area (Å²) in [5, 5.41) is 24.5. The Morgan fingerprint density at radius 3 is 2.38 bits per heavy atom. The number of rotatable bonds is 7. The Bertz CT molecular complexity index is 730. The second-order valence-corrected chi connectivity index (χ2v) is 5.22. The number of nitrogens with one attached hydrogen (secondary N) is 1. The Labute approximate surface area is 139 Å². The first kappa shape index (κ1) is 17.4. The molecule has 2 aromatic carbocycles. The van der Waals surface area contributed by atoms with Crippen LogP contribution in [-0.2, 0) is 4.79 Å². The fourth-order valence-corrected chi connectivity index (χ4v) is 2.35. The Kier molecular flexibility index (Phi) is 5.49. The van der Waals surface area contributed by atoms with Crippen LogP contribution in [0.2, 0.25) is 0 Å². The fourth-order valence-electron chi connectivity index (χ4n) is 2.35. The maximum absolute atomic E-state index is 11.7. The third-order valence-electron chi connectivity index (χ3n) is 3.61. The zero-order chi connectivity index (χ0) is 17.7. The molecular formula is C17H18N2O5. The number of ether oxygens (including phenoxy) is 1. The number of carbonyl (C=O) groups is 1. The van der Waals surface area contributed by atoms with Crippen LogP contribution in [0, 0.1) is 10.1 Å². The second-order valence-electron chi connectivity index (χ2n) is 5.22. The molecule has 0 aliphatic carbocycles. The number of hydrogen-bond donors (Lipinski definition) is 2. The average molecular weight is 330 g/mol. The first-order valence-corrected chi connectivity index (χ1v) is 7.26. The van der Waals surface area contributed by atoms with E-state index in [1.807, 2.05) is 0 Å². The van der Waals surface area contributed by atoms with Gasteiger partial charge in [0.15, 0.2) is 5.78 Å². The lowest BCUT2D eigenvalue weighted by atomic mass is 9.97. The Hall–Kier alpha value is -2.93. The number of nitro groups is 1. The molecule has 7 heteroatoms. The minimum atomic E-state index is -1.42. The van der Waals surface area contributed by atoms with Gasteiger partial charge in [0.1, 0.15) is 11.9 Å². The first-order valence-electron chi connectivity index (χ1n) is 7.26. The van der Waals surface area contributed by atoms with Gasteiger partial charge in [0, 0.05) is 11.8 Å². The largest absolute Gasteiger partial charge is 0.497 e. The van der Waals surface area contributed by atoms with E-state index in [9.17, 15) is 20.0 Å². The highest BCUT2D eigenvalue weighted by Gasteiger charge is 2.30. The van der Waals surface area contributed by atoms with E-state index in [-0.39, 0.29) is 11.3 Å². The number of aliphatic hydroxyl groups is 1. The van der Waals surface area contributed by atoms with Crippen LogP contribution in [0.4, 0.5) is 11.4 Å². The number of ketones is 1. The molecule has 0 spiro atoms. The summed E-state index contributed by atoms with van der Waals surface area (Å²) in [4.78, 5) is 22.4. The molecule has 2 aromatic rings. The monoisotopic (exact) mass is 330 g/mol. The molecule has 2 N–H and O–H groups in total. The number of methoxy groups -OCH3 is 1. The van der Waals surface area contributed by atoms with Crippen LogP contribution in [0.1, 0.15) is 18.5 Å². The van der Waals surface area contributed by atoms with Crippen LogP contribution in [0.3, 0.4) is 0 Å². The maximum Gasteiger partial charge on any atom is 0.274 e. The molecule has 0 bridgehead atoms. The standard InChI is InChI=1S/C17H18N2O5/c1-11(20)17(21)16(14-5-3-4-6-15(14)19(22)23)18-12-7-9-13(24-2)10-8-12/h3-10,16-18,21H,1-2H3/t16-,17-/m1/s1. The highest BCUT2D eigenvalue weighted by Crippen LogP contribution is 2.31. The molecule has 2 rings (SSSR count). The van der Waals surface area contributed by atoms with Crippen LogP contribution in [-0.4, -0.2) is 29.0 Å². The predicted octanol–water partition coefficient (Wildman–Crippen LogP) is 2.71. The molecule has 0 aliphatic heterocycles. The molecular weight excluding hydrogens is 312 g/mol. The summed E-state index contributed by atoms with van der Waals surface area (Å²) in [5.74, 6) is 0.161. The highest BCUT2D eigenvalue weighted by molar-refractivity contribution is 5.82. The number of aliphatic hydroxyl groups excluding tert-OH is 1. The van der Waals surface area contributed by atoms with E-state index in [1.165, 1.54) is 32.2 Å². The lowest BCUT2D eigenvalue weighted by Gasteiger charge is -2.24. The van der Waals surface area contributed by atoms with E-state index in [1.54, 1.807) is 30.3 Å². The Morgan fingerprint density at radius 1 is 1.21 bits per heavy atom. The zero-order valence-corrected chi connectivity index (χ0v) is 13.3. The summed E-state index contributed by atoms with van der Waals surface area (Å²) in [6, 6.07) is 11.9. The van der Waals surface area contributed by atoms with Crippen molar-refractivity contribution in [2.45, 2.75) is 19.1 Å². The predicted molar refractivity (Wildman–Crippen MR) is 89.1 cm³/mol. The fraction of sp³-hybridized carbons (Fsp3) is 0.235. The summed E-state index contributed by atoms with van der Waals surface area (Å²) in [6.07, 6.45) is -1.42. The third kappa shape index (κ3) is 3.88. The lowest BCUT2D eigenvalue weighted by molar-refractivity contribution is -0.385. The van der Waals surface area contributed by atoms with E-state index in [4.69, 9.17) is 4.74 Å². The van der Waals surface area contributed by atoms with E-state index in [0.29, 0.717) is 11.4 Å². The van der Waals surface area contributed by atoms with E-state index >= 15 is 0 Å². The zero-order valence-electron chi connectivity index (χ0n) is 13.3. The smallest absolute Gasteiger partial charge is 0.274 e. The van der Waals surface area contributed by atoms with Crippen molar-refractivity contribution in [3.05, 3.63) is 64.2 Å². The number of carbonyl (C=O) groups excluding carboxylic acids is 1. The van der Waals surface area contributed by atoms with E-state index in [0.717, 1.165) is 0 Å². The van der Waals surface area contributed by atoms with Gasteiger partial charge in [-0.25, -0.2) is 0 Å². The lowest BCUT2D eigenvalue weighted by Crippen LogP contribution is -2.31. The number of benzene rings is 2. The second kappa shape index (κ2) is 7.56. The quantitative estimate of drug-likeness (QED) is 0.598. The van der Waals surface area contributed by atoms with Gasteiger partial charge in [-0.2, -0.15) is 0 Å². The molecule has 7 nitrogen and oxygen atoms in total. The van der Waals surface area contributed by atoms with E-state index < -0.39 is 22.9 Å². The summed E-state index contributed by atoms with van der Waals surface area (Å²) in [6.45, 7) is 1.24. The molecule has 0 unspecified atom stereocenters. The average Bonchev–Trinajstić information content (AvgIpc) is 2.59. The van der Waals surface area contributed by atoms with Crippen LogP contribution in [0.5, 0.6) is 5.75 Å². The summed E-state index contributed by atoms with van der Waals surface area (Å²) in [7, 11) is 1.54. The number of para-hydroxylation sites is 1. The molecule has 0 fully saturated rings. The number of Topliss-reactive ketones (excluding diaryl/α,β-unsaturated/α-hetero) is 1. The Balaban J connectivity index is 2.41. The molecule has 0 amide bonds. The highest BCUT2D eigenvalue weighted by atomic mass is 16.6. The van der Waals surface area contributed by atoms with Gasteiger partial charge in [-0.15, -0.1) is 0 Å². The van der Waals surface area contributed by atoms with Crippen LogP contribution < -0.4 is 10.1 Å². The molecule has 126 valence electrons. The Morgan fingerprint density at radius 2 is 1.83 bits per heavy atom. The maximum atomic E-state index is 11.7. The van der Waals surface area contributed by atoms with Crippen molar-refractivity contribution in [3.8, 4) is 5.75 Å². The van der Waals surface area contributed by atoms with Crippen molar-refractivity contribution >= 4 is 17.2 Å². The number of anilines is 1. The SMILES string of the molecule is COc1ccc(N[C@H](c2ccccc2[N+](=O)[O-])[C@H](O)C(C)=O)cc1. The molecule has 2 atom stereocenters. The van der Waals surface area contributed by atoms with Gasteiger partial charge in [-0.1, -0.05) is 12.1 Å². The molecule has 0 radical (unpaired) electrons. The van der Waals surface area contributed by atoms with Crippen molar-refractivity contribution in [3.63, 3.8) is 0 Å². The van der Waals surface area contributed by atoms with Gasteiger partial charge in [0.2, 0.25) is 0 Å². The molecule has 0 heterocycles. The molecule has 0 saturated carbocycles. The van der Waals surface area contributed by atoms with Crippen molar-refractivity contribution in [1.29, 1.82) is 0 Å². The van der Waals surface area contributed by atoms with Crippen molar-refractivity contribution in [1.82, 2.24) is 0 Å².